The van der Waals surface area contributed by atoms with Crippen molar-refractivity contribution < 1.29 is 14.5 Å². The van der Waals surface area contributed by atoms with E-state index in [1.807, 2.05) is 0 Å². The summed E-state index contributed by atoms with van der Waals surface area (Å²) in [5.74, 6) is -0.434. The first-order valence-electron chi connectivity index (χ1n) is 8.54. The molecule has 0 saturated heterocycles. The molecule has 1 heterocycles. The van der Waals surface area contributed by atoms with Crippen LogP contribution in [0, 0.1) is 10.1 Å². The highest BCUT2D eigenvalue weighted by atomic mass is 35.5. The molecule has 0 unspecified atom stereocenters. The molecule has 3 aromatic rings. The van der Waals surface area contributed by atoms with Gasteiger partial charge in [-0.3, -0.25) is 10.1 Å². The van der Waals surface area contributed by atoms with E-state index in [-0.39, 0.29) is 23.9 Å². The van der Waals surface area contributed by atoms with Crippen LogP contribution in [0.3, 0.4) is 0 Å². The zero-order chi connectivity index (χ0) is 20.8. The van der Waals surface area contributed by atoms with Crippen LogP contribution in [0.2, 0.25) is 5.02 Å². The highest BCUT2D eigenvalue weighted by molar-refractivity contribution is 6.30. The van der Waals surface area contributed by atoms with E-state index in [1.54, 1.807) is 55.5 Å². The molecule has 0 amide bonds. The number of nitrogens with zero attached hydrogens (tertiary/aromatic N) is 3. The Kier molecular flexibility index (Phi) is 6.20. The number of aromatic nitrogens is 2. The minimum Gasteiger partial charge on any atom is -0.462 e. The summed E-state index contributed by atoms with van der Waals surface area (Å²) < 4.78 is 4.93. The lowest BCUT2D eigenvalue weighted by Gasteiger charge is -2.10. The molecule has 0 aliphatic heterocycles. The molecule has 0 bridgehead atoms. The van der Waals surface area contributed by atoms with Gasteiger partial charge in [-0.2, -0.15) is 0 Å². The predicted octanol–water partition coefficient (Wildman–Crippen LogP) is 4.70. The van der Waals surface area contributed by atoms with E-state index in [0.29, 0.717) is 22.0 Å². The SMILES string of the molecule is CCOC(=O)c1ccc(Nc2ncnc(Nc3cccc(Cl)c3)c2[N+](=O)[O-])cc1. The van der Waals surface area contributed by atoms with Crippen LogP contribution in [0.4, 0.5) is 28.7 Å². The molecule has 0 aliphatic rings. The molecule has 0 saturated carbocycles. The molecule has 2 N–H and O–H groups in total. The van der Waals surface area contributed by atoms with Gasteiger partial charge < -0.3 is 15.4 Å². The summed E-state index contributed by atoms with van der Waals surface area (Å²) in [4.78, 5) is 30.8. The number of hydrogen-bond donors (Lipinski definition) is 2. The summed E-state index contributed by atoms with van der Waals surface area (Å²) in [5.41, 5.74) is 1.09. The van der Waals surface area contributed by atoms with Crippen LogP contribution in [0.25, 0.3) is 0 Å². The number of halogens is 1. The maximum absolute atomic E-state index is 11.7. The van der Waals surface area contributed by atoms with Crippen molar-refractivity contribution in [2.75, 3.05) is 17.2 Å². The number of carbonyl (C=O) groups is 1. The second-order valence-electron chi connectivity index (χ2n) is 5.73. The molecule has 29 heavy (non-hydrogen) atoms. The largest absolute Gasteiger partial charge is 0.462 e. The minimum atomic E-state index is -0.581. The van der Waals surface area contributed by atoms with Gasteiger partial charge in [0.2, 0.25) is 11.6 Å². The van der Waals surface area contributed by atoms with E-state index in [1.165, 1.54) is 6.33 Å². The molecule has 0 spiro atoms. The standard InChI is InChI=1S/C19H16ClN5O4/c1-2-29-19(26)12-6-8-14(9-7-12)23-17-16(25(27)28)18(22-11-21-17)24-15-5-3-4-13(20)10-15/h3-11H,2H2,1H3,(H2,21,22,23,24). The van der Waals surface area contributed by atoms with Crippen molar-refractivity contribution in [3.8, 4) is 0 Å². The fraction of sp³-hybridized carbons (Fsp3) is 0.105. The molecular weight excluding hydrogens is 398 g/mol. The lowest BCUT2D eigenvalue weighted by atomic mass is 10.2. The first-order chi connectivity index (χ1) is 14.0. The van der Waals surface area contributed by atoms with E-state index >= 15 is 0 Å². The van der Waals surface area contributed by atoms with E-state index in [9.17, 15) is 14.9 Å². The Morgan fingerprint density at radius 3 is 2.34 bits per heavy atom. The summed E-state index contributed by atoms with van der Waals surface area (Å²) in [7, 11) is 0. The van der Waals surface area contributed by atoms with Gasteiger partial charge in [0, 0.05) is 16.4 Å². The summed E-state index contributed by atoms with van der Waals surface area (Å²) in [6, 6.07) is 13.0. The topological polar surface area (TPSA) is 119 Å². The average molecular weight is 414 g/mol. The van der Waals surface area contributed by atoms with Crippen molar-refractivity contribution in [1.82, 2.24) is 9.97 Å². The number of rotatable bonds is 7. The minimum absolute atomic E-state index is 0.00147. The summed E-state index contributed by atoms with van der Waals surface area (Å²) in [5, 5.41) is 17.9. The van der Waals surface area contributed by atoms with Crippen LogP contribution in [0.1, 0.15) is 17.3 Å². The van der Waals surface area contributed by atoms with Crippen LogP contribution in [0.15, 0.2) is 54.9 Å². The fourth-order valence-corrected chi connectivity index (χ4v) is 2.67. The smallest absolute Gasteiger partial charge is 0.353 e. The van der Waals surface area contributed by atoms with Crippen LogP contribution in [-0.2, 0) is 4.74 Å². The number of nitro groups is 1. The molecule has 0 aliphatic carbocycles. The van der Waals surface area contributed by atoms with Crippen molar-refractivity contribution >= 4 is 46.3 Å². The van der Waals surface area contributed by atoms with Gasteiger partial charge >= 0.3 is 11.7 Å². The molecule has 9 nitrogen and oxygen atoms in total. The van der Waals surface area contributed by atoms with Gasteiger partial charge in [0.25, 0.3) is 0 Å². The zero-order valence-electron chi connectivity index (χ0n) is 15.3. The van der Waals surface area contributed by atoms with Crippen molar-refractivity contribution in [3.05, 3.63) is 75.6 Å². The molecule has 2 aromatic carbocycles. The number of hydrogen-bond acceptors (Lipinski definition) is 8. The van der Waals surface area contributed by atoms with Crippen molar-refractivity contribution in [3.63, 3.8) is 0 Å². The van der Waals surface area contributed by atoms with Gasteiger partial charge in [0.05, 0.1) is 17.1 Å². The third-order valence-corrected chi connectivity index (χ3v) is 3.99. The molecule has 148 valence electrons. The molecule has 0 radical (unpaired) electrons. The molecular formula is C19H16ClN5O4. The number of esters is 1. The van der Waals surface area contributed by atoms with Crippen LogP contribution in [-0.4, -0.2) is 27.5 Å². The van der Waals surface area contributed by atoms with Crippen LogP contribution >= 0.6 is 11.6 Å². The van der Waals surface area contributed by atoms with Gasteiger partial charge in [0.15, 0.2) is 0 Å². The average Bonchev–Trinajstić information content (AvgIpc) is 2.68. The number of carbonyl (C=O) groups excluding carboxylic acids is 1. The molecule has 0 atom stereocenters. The Balaban J connectivity index is 1.87. The van der Waals surface area contributed by atoms with E-state index < -0.39 is 10.9 Å². The Morgan fingerprint density at radius 2 is 1.76 bits per heavy atom. The van der Waals surface area contributed by atoms with Gasteiger partial charge in [-0.1, -0.05) is 17.7 Å². The monoisotopic (exact) mass is 413 g/mol. The molecule has 10 heteroatoms. The number of nitrogens with one attached hydrogen (secondary N) is 2. The van der Waals surface area contributed by atoms with Crippen molar-refractivity contribution in [1.29, 1.82) is 0 Å². The lowest BCUT2D eigenvalue weighted by Crippen LogP contribution is -2.06. The van der Waals surface area contributed by atoms with Crippen molar-refractivity contribution in [2.45, 2.75) is 6.92 Å². The Bertz CT molecular complexity index is 1040. The Labute approximate surface area is 170 Å². The third-order valence-electron chi connectivity index (χ3n) is 3.75. The van der Waals surface area contributed by atoms with E-state index in [4.69, 9.17) is 16.3 Å². The number of benzene rings is 2. The van der Waals surface area contributed by atoms with Crippen molar-refractivity contribution in [2.24, 2.45) is 0 Å². The first-order valence-corrected chi connectivity index (χ1v) is 8.92. The third kappa shape index (κ3) is 4.96. The number of ether oxygens (including phenoxy) is 1. The first kappa shape index (κ1) is 20.0. The van der Waals surface area contributed by atoms with Gasteiger partial charge in [-0.15, -0.1) is 0 Å². The summed E-state index contributed by atoms with van der Waals surface area (Å²) in [6.07, 6.45) is 1.20. The van der Waals surface area contributed by atoms with Crippen LogP contribution < -0.4 is 10.6 Å². The molecule has 3 rings (SSSR count). The van der Waals surface area contributed by atoms with Gasteiger partial charge in [-0.05, 0) is 49.4 Å². The highest BCUT2D eigenvalue weighted by Gasteiger charge is 2.23. The van der Waals surface area contributed by atoms with E-state index in [0.717, 1.165) is 0 Å². The zero-order valence-corrected chi connectivity index (χ0v) is 16.0. The Morgan fingerprint density at radius 1 is 1.10 bits per heavy atom. The fourth-order valence-electron chi connectivity index (χ4n) is 2.48. The quantitative estimate of drug-likeness (QED) is 0.325. The van der Waals surface area contributed by atoms with Gasteiger partial charge in [-0.25, -0.2) is 14.8 Å². The second kappa shape index (κ2) is 8.98. The van der Waals surface area contributed by atoms with Crippen LogP contribution in [0.5, 0.6) is 0 Å². The maximum Gasteiger partial charge on any atom is 0.353 e. The van der Waals surface area contributed by atoms with Gasteiger partial charge in [0.1, 0.15) is 6.33 Å². The molecule has 1 aromatic heterocycles. The highest BCUT2D eigenvalue weighted by Crippen LogP contribution is 2.33. The summed E-state index contributed by atoms with van der Waals surface area (Å²) in [6.45, 7) is 1.99. The Hall–Kier alpha value is -3.72. The predicted molar refractivity (Wildman–Crippen MR) is 109 cm³/mol. The lowest BCUT2D eigenvalue weighted by molar-refractivity contribution is -0.383. The number of anilines is 4. The normalized spacial score (nSPS) is 10.3. The summed E-state index contributed by atoms with van der Waals surface area (Å²) >= 11 is 5.95. The maximum atomic E-state index is 11.7. The molecule has 0 fully saturated rings. The van der Waals surface area contributed by atoms with E-state index in [2.05, 4.69) is 20.6 Å². The second-order valence-corrected chi connectivity index (χ2v) is 6.17.